The molecule has 2 rings (SSSR count). The zero-order valence-corrected chi connectivity index (χ0v) is 12.3. The number of amides is 1. The van der Waals surface area contributed by atoms with Crippen LogP contribution in [0.5, 0.6) is 0 Å². The van der Waals surface area contributed by atoms with E-state index >= 15 is 0 Å². The molecule has 0 aromatic carbocycles. The maximum atomic E-state index is 12.0. The van der Waals surface area contributed by atoms with E-state index in [9.17, 15) is 4.79 Å². The van der Waals surface area contributed by atoms with E-state index < -0.39 is 0 Å². The fourth-order valence-corrected chi connectivity index (χ4v) is 4.01. The smallest absolute Gasteiger partial charge is 0.221 e. The highest BCUT2D eigenvalue weighted by Gasteiger charge is 2.36. The van der Waals surface area contributed by atoms with Crippen LogP contribution in [0.15, 0.2) is 0 Å². The molecule has 3 N–H and O–H groups in total. The molecule has 2 saturated carbocycles. The van der Waals surface area contributed by atoms with E-state index in [1.54, 1.807) is 0 Å². The summed E-state index contributed by atoms with van der Waals surface area (Å²) in [5.41, 5.74) is 5.92. The van der Waals surface area contributed by atoms with Crippen LogP contribution in [0, 0.1) is 0 Å². The highest BCUT2D eigenvalue weighted by molar-refractivity contribution is 8.00. The second-order valence-electron chi connectivity index (χ2n) is 6.12. The zero-order valence-electron chi connectivity index (χ0n) is 11.5. The van der Waals surface area contributed by atoms with Gasteiger partial charge in [0.1, 0.15) is 0 Å². The normalized spacial score (nSPS) is 25.2. The van der Waals surface area contributed by atoms with Crippen molar-refractivity contribution in [1.82, 2.24) is 5.32 Å². The number of hydrogen-bond donors (Lipinski definition) is 2. The minimum absolute atomic E-state index is 0.149. The quantitative estimate of drug-likeness (QED) is 0.807. The molecule has 0 aromatic rings. The van der Waals surface area contributed by atoms with Crippen LogP contribution in [0.2, 0.25) is 0 Å². The molecule has 3 nitrogen and oxygen atoms in total. The second-order valence-corrected chi connectivity index (χ2v) is 7.39. The van der Waals surface area contributed by atoms with E-state index in [1.807, 2.05) is 11.8 Å². The fourth-order valence-electron chi connectivity index (χ4n) is 3.10. The van der Waals surface area contributed by atoms with Crippen molar-refractivity contribution in [2.75, 3.05) is 12.8 Å². The van der Waals surface area contributed by atoms with Gasteiger partial charge < -0.3 is 11.1 Å². The molecule has 0 aliphatic heterocycles. The molecular formula is C14H26N2OS. The first kappa shape index (κ1) is 14.2. The lowest BCUT2D eigenvalue weighted by molar-refractivity contribution is -0.123. The van der Waals surface area contributed by atoms with E-state index in [0.717, 1.165) is 19.4 Å². The van der Waals surface area contributed by atoms with Crippen molar-refractivity contribution in [3.63, 3.8) is 0 Å². The van der Waals surface area contributed by atoms with Crippen LogP contribution in [-0.2, 0) is 4.79 Å². The van der Waals surface area contributed by atoms with Gasteiger partial charge in [0, 0.05) is 23.3 Å². The third-order valence-electron chi connectivity index (χ3n) is 4.67. The summed E-state index contributed by atoms with van der Waals surface area (Å²) in [4.78, 5) is 12.0. The Balaban J connectivity index is 1.76. The Morgan fingerprint density at radius 2 is 1.83 bits per heavy atom. The lowest BCUT2D eigenvalue weighted by Crippen LogP contribution is -2.51. The van der Waals surface area contributed by atoms with Gasteiger partial charge in [0.15, 0.2) is 0 Å². The maximum Gasteiger partial charge on any atom is 0.221 e. The number of rotatable bonds is 5. The van der Waals surface area contributed by atoms with Gasteiger partial charge in [-0.2, -0.15) is 11.8 Å². The Morgan fingerprint density at radius 1 is 1.17 bits per heavy atom. The molecule has 0 spiro atoms. The average Bonchev–Trinajstić information content (AvgIpc) is 2.36. The van der Waals surface area contributed by atoms with E-state index in [1.165, 1.54) is 38.5 Å². The molecule has 4 heteroatoms. The Hall–Kier alpha value is -0.220. The van der Waals surface area contributed by atoms with Gasteiger partial charge in [-0.3, -0.25) is 4.79 Å². The van der Waals surface area contributed by atoms with Crippen LogP contribution in [0.1, 0.15) is 57.8 Å². The lowest BCUT2D eigenvalue weighted by Gasteiger charge is -2.39. The van der Waals surface area contributed by atoms with Gasteiger partial charge >= 0.3 is 0 Å². The minimum atomic E-state index is -0.191. The van der Waals surface area contributed by atoms with Crippen molar-refractivity contribution in [3.8, 4) is 0 Å². The Kier molecular flexibility index (Phi) is 4.59. The summed E-state index contributed by atoms with van der Waals surface area (Å²) >= 11 is 1.93. The third-order valence-corrected chi connectivity index (χ3v) is 6.09. The SMILES string of the molecule is CSC1(CNC(=O)CC2(N)CCC2)CCCCC1. The zero-order chi connectivity index (χ0) is 13.1. The topological polar surface area (TPSA) is 55.1 Å². The Morgan fingerprint density at radius 3 is 2.33 bits per heavy atom. The predicted molar refractivity (Wildman–Crippen MR) is 77.7 cm³/mol. The van der Waals surface area contributed by atoms with Gasteiger partial charge in [-0.05, 0) is 38.4 Å². The van der Waals surface area contributed by atoms with Crippen molar-refractivity contribution in [3.05, 3.63) is 0 Å². The van der Waals surface area contributed by atoms with Crippen LogP contribution >= 0.6 is 11.8 Å². The average molecular weight is 270 g/mol. The van der Waals surface area contributed by atoms with Crippen LogP contribution in [-0.4, -0.2) is 29.0 Å². The first-order chi connectivity index (χ1) is 8.58. The maximum absolute atomic E-state index is 12.0. The second kappa shape index (κ2) is 5.83. The van der Waals surface area contributed by atoms with Gasteiger partial charge in [-0.25, -0.2) is 0 Å². The van der Waals surface area contributed by atoms with Crippen LogP contribution in [0.4, 0.5) is 0 Å². The molecule has 0 aromatic heterocycles. The van der Waals surface area contributed by atoms with E-state index in [-0.39, 0.29) is 16.2 Å². The first-order valence-electron chi connectivity index (χ1n) is 7.18. The molecule has 2 fully saturated rings. The van der Waals surface area contributed by atoms with Crippen LogP contribution in [0.3, 0.4) is 0 Å². The molecule has 2 aliphatic carbocycles. The summed E-state index contributed by atoms with van der Waals surface area (Å²) in [6, 6.07) is 0. The highest BCUT2D eigenvalue weighted by atomic mass is 32.2. The molecule has 104 valence electrons. The standard InChI is InChI=1S/C14H26N2OS/c1-18-14(8-3-2-4-9-14)11-16-12(17)10-13(15)6-5-7-13/h2-11,15H2,1H3,(H,16,17). The number of thioether (sulfide) groups is 1. The summed E-state index contributed by atoms with van der Waals surface area (Å²) in [6.45, 7) is 0.822. The van der Waals surface area contributed by atoms with Crippen LogP contribution in [0.25, 0.3) is 0 Å². The Labute approximate surface area is 115 Å². The number of nitrogens with two attached hydrogens (primary N) is 1. The molecule has 1 amide bonds. The first-order valence-corrected chi connectivity index (χ1v) is 8.41. The molecular weight excluding hydrogens is 244 g/mol. The summed E-state index contributed by atoms with van der Waals surface area (Å²) in [5, 5.41) is 3.13. The minimum Gasteiger partial charge on any atom is -0.355 e. The summed E-state index contributed by atoms with van der Waals surface area (Å²) in [6.07, 6.45) is 12.3. The summed E-state index contributed by atoms with van der Waals surface area (Å²) in [7, 11) is 0. The molecule has 0 bridgehead atoms. The molecule has 0 radical (unpaired) electrons. The van der Waals surface area contributed by atoms with Gasteiger partial charge in [0.2, 0.25) is 5.91 Å². The van der Waals surface area contributed by atoms with Gasteiger partial charge in [0.05, 0.1) is 0 Å². The predicted octanol–water partition coefficient (Wildman–Crippen LogP) is 2.44. The number of hydrogen-bond acceptors (Lipinski definition) is 3. The van der Waals surface area contributed by atoms with Gasteiger partial charge in [0.25, 0.3) is 0 Å². The molecule has 18 heavy (non-hydrogen) atoms. The molecule has 0 saturated heterocycles. The summed E-state index contributed by atoms with van der Waals surface area (Å²) < 4.78 is 0.287. The fraction of sp³-hybridized carbons (Fsp3) is 0.929. The van der Waals surface area contributed by atoms with Crippen molar-refractivity contribution in [2.24, 2.45) is 5.73 Å². The van der Waals surface area contributed by atoms with Crippen molar-refractivity contribution in [1.29, 1.82) is 0 Å². The van der Waals surface area contributed by atoms with Crippen molar-refractivity contribution < 1.29 is 4.79 Å². The highest BCUT2D eigenvalue weighted by Crippen LogP contribution is 2.38. The van der Waals surface area contributed by atoms with Crippen molar-refractivity contribution >= 4 is 17.7 Å². The molecule has 0 unspecified atom stereocenters. The van der Waals surface area contributed by atoms with Gasteiger partial charge in [-0.1, -0.05) is 19.3 Å². The number of carbonyl (C=O) groups excluding carboxylic acids is 1. The van der Waals surface area contributed by atoms with Gasteiger partial charge in [-0.15, -0.1) is 0 Å². The van der Waals surface area contributed by atoms with E-state index in [2.05, 4.69) is 11.6 Å². The molecule has 2 aliphatic rings. The lowest BCUT2D eigenvalue weighted by atomic mass is 9.75. The van der Waals surface area contributed by atoms with Crippen LogP contribution < -0.4 is 11.1 Å². The summed E-state index contributed by atoms with van der Waals surface area (Å²) in [5.74, 6) is 0.149. The monoisotopic (exact) mass is 270 g/mol. The molecule has 0 atom stereocenters. The Bertz CT molecular complexity index is 296. The largest absolute Gasteiger partial charge is 0.355 e. The molecule has 0 heterocycles. The number of nitrogens with one attached hydrogen (secondary N) is 1. The van der Waals surface area contributed by atoms with Crippen molar-refractivity contribution in [2.45, 2.75) is 68.1 Å². The van der Waals surface area contributed by atoms with E-state index in [0.29, 0.717) is 6.42 Å². The number of carbonyl (C=O) groups is 1. The third kappa shape index (κ3) is 3.41. The van der Waals surface area contributed by atoms with E-state index in [4.69, 9.17) is 5.73 Å².